The fraction of sp³-hybridized carbons (Fsp3) is 0.161. The van der Waals surface area contributed by atoms with Gasteiger partial charge in [0.05, 0.1) is 12.6 Å². The van der Waals surface area contributed by atoms with E-state index >= 15 is 0 Å². The van der Waals surface area contributed by atoms with Gasteiger partial charge in [-0.2, -0.15) is 0 Å². The fourth-order valence-electron chi connectivity index (χ4n) is 4.56. The van der Waals surface area contributed by atoms with E-state index in [4.69, 9.17) is 4.74 Å². The average molecular weight is 520 g/mol. The molecule has 0 aliphatic heterocycles. The number of carbonyl (C=O) groups excluding carboxylic acids is 2. The molecule has 8 heteroatoms. The summed E-state index contributed by atoms with van der Waals surface area (Å²) in [6, 6.07) is 31.0. The lowest BCUT2D eigenvalue weighted by Gasteiger charge is -2.32. The van der Waals surface area contributed by atoms with Gasteiger partial charge >= 0.3 is 0 Å². The first-order chi connectivity index (χ1) is 19.0. The lowest BCUT2D eigenvalue weighted by atomic mass is 10.0. The lowest BCUT2D eigenvalue weighted by Crippen LogP contribution is -2.45. The van der Waals surface area contributed by atoms with E-state index in [2.05, 4.69) is 15.6 Å². The molecule has 0 spiro atoms. The van der Waals surface area contributed by atoms with E-state index in [1.54, 1.807) is 22.8 Å². The number of benzene rings is 4. The van der Waals surface area contributed by atoms with E-state index in [0.29, 0.717) is 29.1 Å². The topological polar surface area (TPSA) is 89.4 Å². The van der Waals surface area contributed by atoms with Gasteiger partial charge in [0, 0.05) is 12.2 Å². The molecule has 0 saturated carbocycles. The Morgan fingerprint density at radius 3 is 2.49 bits per heavy atom. The average Bonchev–Trinajstić information content (AvgIpc) is 3.37. The van der Waals surface area contributed by atoms with Gasteiger partial charge in [0.1, 0.15) is 23.9 Å². The molecule has 2 amide bonds. The molecule has 196 valence electrons. The normalized spacial score (nSPS) is 11.6. The number of anilines is 1. The molecule has 0 radical (unpaired) electrons. The Morgan fingerprint density at radius 1 is 0.923 bits per heavy atom. The third-order valence-electron chi connectivity index (χ3n) is 6.48. The van der Waals surface area contributed by atoms with Crippen LogP contribution in [0.5, 0.6) is 5.75 Å². The Balaban J connectivity index is 1.57. The summed E-state index contributed by atoms with van der Waals surface area (Å²) in [4.78, 5) is 29.6. The second-order valence-electron chi connectivity index (χ2n) is 9.22. The van der Waals surface area contributed by atoms with Crippen molar-refractivity contribution in [3.05, 3.63) is 120 Å². The zero-order chi connectivity index (χ0) is 27.2. The molecule has 0 fully saturated rings. The number of nitrogens with one attached hydrogen (secondary N) is 1. The number of para-hydroxylation sites is 1. The summed E-state index contributed by atoms with van der Waals surface area (Å²) in [6.07, 6.45) is 0. The minimum atomic E-state index is -0.965. The standard InChI is InChI=1S/C31H29N5O3/c1-22-10-8-14-25(18-22)36(29(37)21-35-28-17-7-6-16-27(28)33-34-35)30(24-13-9-15-26(19-24)39-2)31(38)32-20-23-11-4-3-5-12-23/h3-19,30H,20-21H2,1-2H3,(H,32,38). The number of aryl methyl sites for hydroxylation is 1. The summed E-state index contributed by atoms with van der Waals surface area (Å²) >= 11 is 0. The van der Waals surface area contributed by atoms with Crippen LogP contribution in [0.15, 0.2) is 103 Å². The number of methoxy groups -OCH3 is 1. The number of hydrogen-bond acceptors (Lipinski definition) is 5. The van der Waals surface area contributed by atoms with E-state index in [1.807, 2.05) is 104 Å². The van der Waals surface area contributed by atoms with Gasteiger partial charge in [-0.25, -0.2) is 4.68 Å². The zero-order valence-electron chi connectivity index (χ0n) is 21.8. The fourth-order valence-corrected chi connectivity index (χ4v) is 4.56. The number of amides is 2. The monoisotopic (exact) mass is 519 g/mol. The minimum absolute atomic E-state index is 0.0963. The van der Waals surface area contributed by atoms with E-state index in [1.165, 1.54) is 0 Å². The summed E-state index contributed by atoms with van der Waals surface area (Å²) in [5.74, 6) is -0.0309. The van der Waals surface area contributed by atoms with Gasteiger partial charge in [0.2, 0.25) is 11.8 Å². The maximum absolute atomic E-state index is 14.1. The molecule has 1 N–H and O–H groups in total. The van der Waals surface area contributed by atoms with Crippen LogP contribution in [-0.4, -0.2) is 33.9 Å². The molecule has 1 atom stereocenters. The van der Waals surface area contributed by atoms with Crippen molar-refractivity contribution >= 4 is 28.5 Å². The summed E-state index contributed by atoms with van der Waals surface area (Å²) < 4.78 is 7.02. The van der Waals surface area contributed by atoms with Gasteiger partial charge in [0.15, 0.2) is 0 Å². The van der Waals surface area contributed by atoms with E-state index < -0.39 is 6.04 Å². The number of ether oxygens (including phenoxy) is 1. The van der Waals surface area contributed by atoms with Crippen molar-refractivity contribution in [2.75, 3.05) is 12.0 Å². The highest BCUT2D eigenvalue weighted by atomic mass is 16.5. The van der Waals surface area contributed by atoms with Gasteiger partial charge in [-0.05, 0) is 60.0 Å². The Morgan fingerprint density at radius 2 is 1.69 bits per heavy atom. The van der Waals surface area contributed by atoms with E-state index in [-0.39, 0.29) is 18.4 Å². The first-order valence-electron chi connectivity index (χ1n) is 12.7. The molecule has 4 aromatic carbocycles. The van der Waals surface area contributed by atoms with Crippen LogP contribution >= 0.6 is 0 Å². The van der Waals surface area contributed by atoms with Gasteiger partial charge in [-0.15, -0.1) is 5.10 Å². The van der Waals surface area contributed by atoms with Crippen molar-refractivity contribution in [1.82, 2.24) is 20.3 Å². The Labute approximate surface area is 226 Å². The van der Waals surface area contributed by atoms with E-state index in [9.17, 15) is 9.59 Å². The highest BCUT2D eigenvalue weighted by Crippen LogP contribution is 2.31. The molecule has 8 nitrogen and oxygen atoms in total. The second kappa shape index (κ2) is 11.6. The summed E-state index contributed by atoms with van der Waals surface area (Å²) in [5, 5.41) is 11.4. The molecule has 1 aromatic heterocycles. The molecule has 5 rings (SSSR count). The molecule has 0 aliphatic rings. The lowest BCUT2D eigenvalue weighted by molar-refractivity contribution is -0.127. The van der Waals surface area contributed by atoms with Crippen LogP contribution in [-0.2, 0) is 22.7 Å². The maximum atomic E-state index is 14.1. The molecule has 5 aromatic rings. The summed E-state index contributed by atoms with van der Waals surface area (Å²) in [6.45, 7) is 2.18. The van der Waals surface area contributed by atoms with Crippen LogP contribution in [0.25, 0.3) is 11.0 Å². The second-order valence-corrected chi connectivity index (χ2v) is 9.22. The predicted molar refractivity (Wildman–Crippen MR) is 150 cm³/mol. The van der Waals surface area contributed by atoms with Gasteiger partial charge in [-0.3, -0.25) is 14.5 Å². The van der Waals surface area contributed by atoms with Crippen molar-refractivity contribution in [2.45, 2.75) is 26.1 Å². The number of nitrogens with zero attached hydrogens (tertiary/aromatic N) is 4. The third kappa shape index (κ3) is 5.80. The number of aromatic nitrogens is 3. The SMILES string of the molecule is COc1cccc(C(C(=O)NCc2ccccc2)N(C(=O)Cn2nnc3ccccc32)c2cccc(C)c2)c1. The van der Waals surface area contributed by atoms with Crippen LogP contribution in [0.1, 0.15) is 22.7 Å². The van der Waals surface area contributed by atoms with Crippen LogP contribution in [0, 0.1) is 6.92 Å². The largest absolute Gasteiger partial charge is 0.497 e. The highest BCUT2D eigenvalue weighted by molar-refractivity contribution is 6.01. The molecule has 1 heterocycles. The minimum Gasteiger partial charge on any atom is -0.497 e. The van der Waals surface area contributed by atoms with Gasteiger partial charge in [0.25, 0.3) is 0 Å². The molecular formula is C31H29N5O3. The molecule has 39 heavy (non-hydrogen) atoms. The predicted octanol–water partition coefficient (Wildman–Crippen LogP) is 4.84. The molecule has 0 aliphatic carbocycles. The number of fused-ring (bicyclic) bond motifs is 1. The number of carbonyl (C=O) groups is 2. The molecule has 0 bridgehead atoms. The number of rotatable bonds is 9. The Kier molecular flexibility index (Phi) is 7.63. The van der Waals surface area contributed by atoms with Crippen molar-refractivity contribution in [3.63, 3.8) is 0 Å². The highest BCUT2D eigenvalue weighted by Gasteiger charge is 2.33. The van der Waals surface area contributed by atoms with Crippen LogP contribution < -0.4 is 15.0 Å². The molecule has 0 saturated heterocycles. The number of hydrogen-bond donors (Lipinski definition) is 1. The Hall–Kier alpha value is -4.98. The third-order valence-corrected chi connectivity index (χ3v) is 6.48. The zero-order valence-corrected chi connectivity index (χ0v) is 21.8. The van der Waals surface area contributed by atoms with Crippen LogP contribution in [0.4, 0.5) is 5.69 Å². The smallest absolute Gasteiger partial charge is 0.249 e. The van der Waals surface area contributed by atoms with Crippen molar-refractivity contribution in [1.29, 1.82) is 0 Å². The van der Waals surface area contributed by atoms with Crippen molar-refractivity contribution in [2.24, 2.45) is 0 Å². The maximum Gasteiger partial charge on any atom is 0.249 e. The molecular weight excluding hydrogens is 490 g/mol. The first-order valence-corrected chi connectivity index (χ1v) is 12.7. The van der Waals surface area contributed by atoms with E-state index in [0.717, 1.165) is 16.6 Å². The van der Waals surface area contributed by atoms with Crippen LogP contribution in [0.2, 0.25) is 0 Å². The summed E-state index contributed by atoms with van der Waals surface area (Å²) in [5.41, 5.74) is 4.58. The van der Waals surface area contributed by atoms with Crippen LogP contribution in [0.3, 0.4) is 0 Å². The summed E-state index contributed by atoms with van der Waals surface area (Å²) in [7, 11) is 1.57. The first kappa shape index (κ1) is 25.7. The van der Waals surface area contributed by atoms with Gasteiger partial charge < -0.3 is 10.1 Å². The Bertz CT molecular complexity index is 1600. The quantitative estimate of drug-likeness (QED) is 0.301. The van der Waals surface area contributed by atoms with Crippen molar-refractivity contribution in [3.8, 4) is 5.75 Å². The van der Waals surface area contributed by atoms with Gasteiger partial charge in [-0.1, -0.05) is 71.9 Å². The van der Waals surface area contributed by atoms with Crippen molar-refractivity contribution < 1.29 is 14.3 Å². The molecule has 1 unspecified atom stereocenters.